The maximum absolute atomic E-state index is 12.5. The van der Waals surface area contributed by atoms with Crippen molar-refractivity contribution in [1.29, 1.82) is 5.26 Å². The SMILES string of the molecule is CCCCCCCCCCCCCCCCCCc1ccc(Nc2ccc(-c3ccc(-c4ccc(/C=C(/C(=O)O)c5ccc(-c6ccc(-c7ccc(/C=C(\C#N)C(=O)O)s7)s6)cc5)s4)s3)cc2)cc1. The van der Waals surface area contributed by atoms with Gasteiger partial charge in [-0.15, -0.1) is 45.3 Å². The molecule has 0 saturated heterocycles. The van der Waals surface area contributed by atoms with E-state index in [0.29, 0.717) is 10.4 Å². The number of hydrogen-bond acceptors (Lipinski definition) is 8. The number of carboxylic acid groups (broad SMARTS) is 2. The van der Waals surface area contributed by atoms with Gasteiger partial charge in [-0.2, -0.15) is 5.26 Å². The van der Waals surface area contributed by atoms with Gasteiger partial charge in [0.25, 0.3) is 0 Å². The van der Waals surface area contributed by atoms with Crippen LogP contribution in [0.25, 0.3) is 58.1 Å². The number of anilines is 2. The summed E-state index contributed by atoms with van der Waals surface area (Å²) < 4.78 is 0. The zero-order chi connectivity index (χ0) is 48.2. The normalized spacial score (nSPS) is 11.8. The fourth-order valence-electron chi connectivity index (χ4n) is 8.40. The van der Waals surface area contributed by atoms with E-state index in [0.717, 1.165) is 58.2 Å². The van der Waals surface area contributed by atoms with Crippen molar-refractivity contribution < 1.29 is 19.8 Å². The van der Waals surface area contributed by atoms with Crippen LogP contribution < -0.4 is 5.32 Å². The molecular weight excluding hydrogens is 929 g/mol. The molecule has 0 unspecified atom stereocenters. The summed E-state index contributed by atoms with van der Waals surface area (Å²) in [6, 6.07) is 42.8. The Kier molecular flexibility index (Phi) is 19.8. The molecule has 3 N–H and O–H groups in total. The molecule has 6 nitrogen and oxygen atoms in total. The highest BCUT2D eigenvalue weighted by atomic mass is 32.1. The van der Waals surface area contributed by atoms with E-state index < -0.39 is 11.9 Å². The lowest BCUT2D eigenvalue weighted by Gasteiger charge is -2.09. The Balaban J connectivity index is 0.843. The number of benzene rings is 3. The van der Waals surface area contributed by atoms with Gasteiger partial charge in [-0.05, 0) is 120 Å². The number of thiophene rings is 4. The number of aliphatic carboxylic acids is 2. The van der Waals surface area contributed by atoms with Gasteiger partial charge >= 0.3 is 11.9 Å². The maximum atomic E-state index is 12.5. The van der Waals surface area contributed by atoms with Crippen LogP contribution in [-0.2, 0) is 16.0 Å². The van der Waals surface area contributed by atoms with Gasteiger partial charge in [0.2, 0.25) is 0 Å². The van der Waals surface area contributed by atoms with E-state index in [1.165, 1.54) is 131 Å². The van der Waals surface area contributed by atoms with Gasteiger partial charge in [0.05, 0.1) is 5.57 Å². The molecule has 0 amide bonds. The van der Waals surface area contributed by atoms with E-state index >= 15 is 0 Å². The molecule has 0 spiro atoms. The Labute approximate surface area is 424 Å². The van der Waals surface area contributed by atoms with Gasteiger partial charge < -0.3 is 15.5 Å². The predicted octanol–water partition coefficient (Wildman–Crippen LogP) is 18.8. The molecule has 0 aliphatic rings. The lowest BCUT2D eigenvalue weighted by Crippen LogP contribution is -1.99. The molecule has 0 saturated carbocycles. The molecule has 0 atom stereocenters. The molecule has 0 bridgehead atoms. The molecule has 3 aromatic carbocycles. The minimum absolute atomic E-state index is 0.223. The van der Waals surface area contributed by atoms with Crippen LogP contribution in [0.4, 0.5) is 11.4 Å². The highest BCUT2D eigenvalue weighted by molar-refractivity contribution is 7.24. The zero-order valence-corrected chi connectivity index (χ0v) is 42.8. The molecule has 4 aromatic heterocycles. The van der Waals surface area contributed by atoms with Crippen LogP contribution >= 0.6 is 45.3 Å². The van der Waals surface area contributed by atoms with Crippen LogP contribution in [0, 0.1) is 11.3 Å². The average molecular weight is 991 g/mol. The van der Waals surface area contributed by atoms with Crippen LogP contribution in [0.1, 0.15) is 131 Å². The van der Waals surface area contributed by atoms with Crippen molar-refractivity contribution in [3.63, 3.8) is 0 Å². The highest BCUT2D eigenvalue weighted by Gasteiger charge is 2.15. The van der Waals surface area contributed by atoms with Crippen molar-refractivity contribution in [2.24, 2.45) is 0 Å². The van der Waals surface area contributed by atoms with Crippen molar-refractivity contribution in [1.82, 2.24) is 0 Å². The van der Waals surface area contributed by atoms with E-state index in [1.54, 1.807) is 52.2 Å². The second kappa shape index (κ2) is 26.8. The molecule has 356 valence electrons. The fraction of sp³-hybridized carbons (Fsp3) is 0.305. The van der Waals surface area contributed by atoms with E-state index in [9.17, 15) is 19.8 Å². The highest BCUT2D eigenvalue weighted by Crippen LogP contribution is 2.41. The molecule has 7 rings (SSSR count). The lowest BCUT2D eigenvalue weighted by molar-refractivity contribution is -0.132. The largest absolute Gasteiger partial charge is 0.478 e. The summed E-state index contributed by atoms with van der Waals surface area (Å²) in [6.07, 6.45) is 26.6. The Morgan fingerprint density at radius 2 is 0.884 bits per heavy atom. The molecular formula is C59H62N2O4S4. The molecule has 0 radical (unpaired) electrons. The Hall–Kier alpha value is -5.83. The Morgan fingerprint density at radius 1 is 0.478 bits per heavy atom. The smallest absolute Gasteiger partial charge is 0.346 e. The van der Waals surface area contributed by atoms with E-state index in [-0.39, 0.29) is 11.1 Å². The summed E-state index contributed by atoms with van der Waals surface area (Å²) in [6.45, 7) is 2.29. The molecule has 0 aliphatic carbocycles. The van der Waals surface area contributed by atoms with Gasteiger partial charge in [0.1, 0.15) is 11.6 Å². The summed E-state index contributed by atoms with van der Waals surface area (Å²) >= 11 is 6.31. The van der Waals surface area contributed by atoms with Crippen LogP contribution in [0.5, 0.6) is 0 Å². The van der Waals surface area contributed by atoms with Gasteiger partial charge in [-0.1, -0.05) is 152 Å². The van der Waals surface area contributed by atoms with E-state index in [1.807, 2.05) is 48.5 Å². The monoisotopic (exact) mass is 990 g/mol. The third-order valence-corrected chi connectivity index (χ3v) is 17.0. The topological polar surface area (TPSA) is 110 Å². The average Bonchev–Trinajstić information content (AvgIpc) is 4.22. The third kappa shape index (κ3) is 15.6. The quantitative estimate of drug-likeness (QED) is 0.0256. The van der Waals surface area contributed by atoms with E-state index in [2.05, 4.69) is 79.0 Å². The molecule has 10 heteroatoms. The minimum atomic E-state index is -1.25. The summed E-state index contributed by atoms with van der Waals surface area (Å²) in [5, 5.41) is 32.1. The first kappa shape index (κ1) is 51.0. The van der Waals surface area contributed by atoms with Crippen LogP contribution in [-0.4, -0.2) is 22.2 Å². The van der Waals surface area contributed by atoms with Gasteiger partial charge in [-0.3, -0.25) is 0 Å². The van der Waals surface area contributed by atoms with Gasteiger partial charge in [0.15, 0.2) is 0 Å². The second-order valence-corrected chi connectivity index (χ2v) is 22.0. The fourth-order valence-corrected chi connectivity index (χ4v) is 12.5. The van der Waals surface area contributed by atoms with Gasteiger partial charge in [0, 0.05) is 50.4 Å². The first-order valence-corrected chi connectivity index (χ1v) is 27.8. The number of nitrogens with zero attached hydrogens (tertiary/aromatic N) is 1. The standard InChI is InChI=1S/C59H62N2O4S4/c1-2-3-4-5-6-7-8-9-10-11-12-13-14-15-16-17-18-42-19-27-47(28-20-42)61-48-29-25-45(26-30-48)53-36-38-57(69-53)55-34-32-50(67-55)40-51(59(64)65)43-21-23-44(24-22-43)52-35-37-56(68-52)54-33-31-49(66-54)39-46(41-60)58(62)63/h19-40,61H,2-18H2,1H3,(H,62,63)(H,64,65)/b46-39+,51-40+. The summed E-state index contributed by atoms with van der Waals surface area (Å²) in [5.41, 5.74) is 6.20. The molecule has 7 aromatic rings. The van der Waals surface area contributed by atoms with E-state index in [4.69, 9.17) is 5.26 Å². The summed E-state index contributed by atoms with van der Waals surface area (Å²) in [5.74, 6) is -2.24. The third-order valence-electron chi connectivity index (χ3n) is 12.3. The lowest BCUT2D eigenvalue weighted by atomic mass is 10.0. The molecule has 0 fully saturated rings. The molecule has 69 heavy (non-hydrogen) atoms. The van der Waals surface area contributed by atoms with Crippen molar-refractivity contribution >= 4 is 86.4 Å². The van der Waals surface area contributed by atoms with Crippen molar-refractivity contribution in [2.75, 3.05) is 5.32 Å². The number of nitrogens with one attached hydrogen (secondary N) is 1. The Bertz CT molecular complexity index is 2810. The maximum Gasteiger partial charge on any atom is 0.346 e. The van der Waals surface area contributed by atoms with Crippen molar-refractivity contribution in [3.05, 3.63) is 148 Å². The van der Waals surface area contributed by atoms with Crippen LogP contribution in [0.2, 0.25) is 0 Å². The first-order chi connectivity index (χ1) is 33.8. The second-order valence-electron chi connectivity index (χ2n) is 17.6. The number of rotatable bonds is 28. The van der Waals surface area contributed by atoms with Crippen molar-refractivity contribution in [3.8, 4) is 46.5 Å². The van der Waals surface area contributed by atoms with Gasteiger partial charge in [-0.25, -0.2) is 9.59 Å². The van der Waals surface area contributed by atoms with Crippen molar-refractivity contribution in [2.45, 2.75) is 116 Å². The number of hydrogen-bond donors (Lipinski definition) is 3. The van der Waals surface area contributed by atoms with Crippen LogP contribution in [0.3, 0.4) is 0 Å². The van der Waals surface area contributed by atoms with Crippen LogP contribution in [0.15, 0.2) is 127 Å². The molecule has 0 aliphatic heterocycles. The number of nitriles is 1. The number of carboxylic acids is 2. The summed E-state index contributed by atoms with van der Waals surface area (Å²) in [7, 11) is 0. The number of aryl methyl sites for hydroxylation is 1. The first-order valence-electron chi connectivity index (χ1n) is 24.5. The number of carbonyl (C=O) groups is 2. The molecule has 4 heterocycles. The predicted molar refractivity (Wildman–Crippen MR) is 296 cm³/mol. The Morgan fingerprint density at radius 3 is 1.35 bits per heavy atom. The number of unbranched alkanes of at least 4 members (excludes halogenated alkanes) is 15. The summed E-state index contributed by atoms with van der Waals surface area (Å²) in [4.78, 5) is 31.7. The zero-order valence-electron chi connectivity index (χ0n) is 39.5. The minimum Gasteiger partial charge on any atom is -0.478 e.